The quantitative estimate of drug-likeness (QED) is 0.411. The van der Waals surface area contributed by atoms with E-state index in [1.165, 1.54) is 0 Å². The number of nitrogens with one attached hydrogen (secondary N) is 1. The largest absolute Gasteiger partial charge is 0.334 e. The predicted octanol–water partition coefficient (Wildman–Crippen LogP) is 0.604. The number of hydrogen-bond donors (Lipinski definition) is 2. The topological polar surface area (TPSA) is 72.9 Å². The van der Waals surface area contributed by atoms with Crippen molar-refractivity contribution >= 4 is 5.91 Å². The van der Waals surface area contributed by atoms with Crippen LogP contribution in [0.15, 0.2) is 18.7 Å². The molecule has 1 atom stereocenters. The molecule has 0 spiro atoms. The van der Waals surface area contributed by atoms with Crippen LogP contribution in [0.2, 0.25) is 0 Å². The fourth-order valence-corrected chi connectivity index (χ4v) is 1.45. The molecule has 78 valence electrons. The van der Waals surface area contributed by atoms with Gasteiger partial charge in [-0.25, -0.2) is 10.8 Å². The fraction of sp³-hybridized carbons (Fsp3) is 0.556. The van der Waals surface area contributed by atoms with Crippen LogP contribution in [0.3, 0.4) is 0 Å². The van der Waals surface area contributed by atoms with E-state index in [2.05, 4.69) is 17.3 Å². The van der Waals surface area contributed by atoms with E-state index in [4.69, 9.17) is 5.84 Å². The first kappa shape index (κ1) is 10.7. The van der Waals surface area contributed by atoms with Crippen LogP contribution in [0.5, 0.6) is 0 Å². The van der Waals surface area contributed by atoms with E-state index < -0.39 is 0 Å². The number of hydrazine groups is 1. The number of nitrogens with zero attached hydrogens (tertiary/aromatic N) is 2. The summed E-state index contributed by atoms with van der Waals surface area (Å²) in [6, 6.07) is 0.158. The Bertz CT molecular complexity index is 270. The second-order valence-corrected chi connectivity index (χ2v) is 3.22. The molecular formula is C9H16N4O. The molecule has 0 aliphatic rings. The van der Waals surface area contributed by atoms with Crippen LogP contribution in [-0.2, 0) is 4.79 Å². The molecule has 0 aliphatic heterocycles. The summed E-state index contributed by atoms with van der Waals surface area (Å²) in [6.45, 7) is 2.09. The van der Waals surface area contributed by atoms with Crippen LogP contribution >= 0.6 is 0 Å². The molecule has 0 bridgehead atoms. The van der Waals surface area contributed by atoms with Gasteiger partial charge in [0.05, 0.1) is 6.33 Å². The predicted molar refractivity (Wildman–Crippen MR) is 53.1 cm³/mol. The summed E-state index contributed by atoms with van der Waals surface area (Å²) < 4.78 is 1.94. The molecule has 0 aromatic carbocycles. The van der Waals surface area contributed by atoms with Crippen molar-refractivity contribution in [2.24, 2.45) is 5.84 Å². The molecule has 5 heteroatoms. The van der Waals surface area contributed by atoms with Crippen molar-refractivity contribution in [2.45, 2.75) is 32.2 Å². The van der Waals surface area contributed by atoms with E-state index in [9.17, 15) is 4.79 Å². The summed E-state index contributed by atoms with van der Waals surface area (Å²) >= 11 is 0. The molecule has 0 saturated heterocycles. The van der Waals surface area contributed by atoms with Gasteiger partial charge in [-0.15, -0.1) is 0 Å². The number of imidazole rings is 1. The zero-order valence-electron chi connectivity index (χ0n) is 8.31. The third kappa shape index (κ3) is 2.85. The molecule has 0 saturated carbocycles. The highest BCUT2D eigenvalue weighted by Gasteiger charge is 2.13. The molecule has 1 aromatic heterocycles. The zero-order chi connectivity index (χ0) is 10.4. The van der Waals surface area contributed by atoms with E-state index in [-0.39, 0.29) is 11.9 Å². The molecule has 0 radical (unpaired) electrons. The van der Waals surface area contributed by atoms with Gasteiger partial charge >= 0.3 is 0 Å². The van der Waals surface area contributed by atoms with Crippen molar-refractivity contribution in [3.05, 3.63) is 18.7 Å². The minimum Gasteiger partial charge on any atom is -0.334 e. The van der Waals surface area contributed by atoms with Crippen LogP contribution in [0, 0.1) is 0 Å². The van der Waals surface area contributed by atoms with Crippen molar-refractivity contribution in [3.8, 4) is 0 Å². The van der Waals surface area contributed by atoms with Crippen LogP contribution in [0.1, 0.15) is 32.2 Å². The summed E-state index contributed by atoms with van der Waals surface area (Å²) in [6.07, 6.45) is 7.68. The number of nitrogens with two attached hydrogens (primary N) is 1. The van der Waals surface area contributed by atoms with E-state index in [0.717, 1.165) is 12.8 Å². The van der Waals surface area contributed by atoms with Crippen LogP contribution in [-0.4, -0.2) is 15.5 Å². The summed E-state index contributed by atoms with van der Waals surface area (Å²) in [7, 11) is 0. The Morgan fingerprint density at radius 3 is 3.00 bits per heavy atom. The average Bonchev–Trinajstić information content (AvgIpc) is 2.69. The highest BCUT2D eigenvalue weighted by atomic mass is 16.2. The molecular weight excluding hydrogens is 180 g/mol. The third-order valence-corrected chi connectivity index (χ3v) is 2.15. The van der Waals surface area contributed by atoms with E-state index in [1.54, 1.807) is 12.5 Å². The number of hydrogen-bond acceptors (Lipinski definition) is 3. The number of carbonyl (C=O) groups is 1. The number of aromatic nitrogens is 2. The van der Waals surface area contributed by atoms with Gasteiger partial charge in [-0.2, -0.15) is 0 Å². The Labute approximate surface area is 83.3 Å². The van der Waals surface area contributed by atoms with Gasteiger partial charge in [-0.05, 0) is 6.42 Å². The summed E-state index contributed by atoms with van der Waals surface area (Å²) in [5.41, 5.74) is 2.14. The van der Waals surface area contributed by atoms with Crippen molar-refractivity contribution in [1.29, 1.82) is 0 Å². The molecule has 1 rings (SSSR count). The molecule has 5 nitrogen and oxygen atoms in total. The SMILES string of the molecule is CCCC(CC(=O)NN)n1ccnc1. The molecule has 0 fully saturated rings. The first-order valence-corrected chi connectivity index (χ1v) is 4.74. The Kier molecular flexibility index (Phi) is 4.12. The second kappa shape index (κ2) is 5.39. The molecule has 0 aliphatic carbocycles. The van der Waals surface area contributed by atoms with Crippen molar-refractivity contribution in [3.63, 3.8) is 0 Å². The van der Waals surface area contributed by atoms with Gasteiger partial charge in [0.1, 0.15) is 0 Å². The Balaban J connectivity index is 2.60. The lowest BCUT2D eigenvalue weighted by atomic mass is 10.1. The monoisotopic (exact) mass is 196 g/mol. The molecule has 1 heterocycles. The van der Waals surface area contributed by atoms with Crippen LogP contribution < -0.4 is 11.3 Å². The molecule has 1 unspecified atom stereocenters. The Morgan fingerprint density at radius 2 is 2.50 bits per heavy atom. The van der Waals surface area contributed by atoms with Gasteiger partial charge in [-0.3, -0.25) is 10.2 Å². The van der Waals surface area contributed by atoms with E-state index in [1.807, 2.05) is 10.8 Å². The maximum Gasteiger partial charge on any atom is 0.235 e. The van der Waals surface area contributed by atoms with Crippen LogP contribution in [0.25, 0.3) is 0 Å². The first-order valence-electron chi connectivity index (χ1n) is 4.74. The zero-order valence-corrected chi connectivity index (χ0v) is 8.31. The normalized spacial score (nSPS) is 12.4. The van der Waals surface area contributed by atoms with E-state index in [0.29, 0.717) is 6.42 Å². The lowest BCUT2D eigenvalue weighted by Crippen LogP contribution is -2.32. The maximum absolute atomic E-state index is 11.1. The number of carbonyl (C=O) groups excluding carboxylic acids is 1. The Hall–Kier alpha value is -1.36. The molecule has 1 aromatic rings. The average molecular weight is 196 g/mol. The van der Waals surface area contributed by atoms with E-state index >= 15 is 0 Å². The molecule has 14 heavy (non-hydrogen) atoms. The standard InChI is InChI=1S/C9H16N4O/c1-2-3-8(6-9(14)12-10)13-5-4-11-7-13/h4-5,7-8H,2-3,6,10H2,1H3,(H,12,14). The lowest BCUT2D eigenvalue weighted by molar-refractivity contribution is -0.122. The van der Waals surface area contributed by atoms with Crippen molar-refractivity contribution < 1.29 is 4.79 Å². The van der Waals surface area contributed by atoms with Gasteiger partial charge < -0.3 is 4.57 Å². The number of amides is 1. The second-order valence-electron chi connectivity index (χ2n) is 3.22. The minimum atomic E-state index is -0.142. The van der Waals surface area contributed by atoms with Gasteiger partial charge in [0, 0.05) is 24.9 Å². The third-order valence-electron chi connectivity index (χ3n) is 2.15. The highest BCUT2D eigenvalue weighted by Crippen LogP contribution is 2.17. The minimum absolute atomic E-state index is 0.142. The van der Waals surface area contributed by atoms with Gasteiger partial charge in [0.25, 0.3) is 0 Å². The van der Waals surface area contributed by atoms with Crippen LogP contribution in [0.4, 0.5) is 0 Å². The van der Waals surface area contributed by atoms with Crippen molar-refractivity contribution in [2.75, 3.05) is 0 Å². The van der Waals surface area contributed by atoms with Gasteiger partial charge in [0.2, 0.25) is 5.91 Å². The summed E-state index contributed by atoms with van der Waals surface area (Å²) in [5.74, 6) is 4.90. The molecule has 1 amide bonds. The molecule has 3 N–H and O–H groups in total. The Morgan fingerprint density at radius 1 is 1.71 bits per heavy atom. The smallest absolute Gasteiger partial charge is 0.235 e. The fourth-order valence-electron chi connectivity index (χ4n) is 1.45. The summed E-state index contributed by atoms with van der Waals surface area (Å²) in [4.78, 5) is 15.1. The lowest BCUT2D eigenvalue weighted by Gasteiger charge is -2.16. The van der Waals surface area contributed by atoms with Crippen molar-refractivity contribution in [1.82, 2.24) is 15.0 Å². The highest BCUT2D eigenvalue weighted by molar-refractivity contribution is 5.75. The first-order chi connectivity index (χ1) is 6.77. The van der Waals surface area contributed by atoms with Gasteiger partial charge in [-0.1, -0.05) is 13.3 Å². The number of rotatable bonds is 5. The summed E-state index contributed by atoms with van der Waals surface area (Å²) in [5, 5.41) is 0. The van der Waals surface area contributed by atoms with Gasteiger partial charge in [0.15, 0.2) is 0 Å². The maximum atomic E-state index is 11.1.